The maximum absolute atomic E-state index is 14.3. The second-order valence-corrected chi connectivity index (χ2v) is 9.24. The number of ether oxygens (including phenoxy) is 1. The summed E-state index contributed by atoms with van der Waals surface area (Å²) in [5, 5.41) is 1.70. The summed E-state index contributed by atoms with van der Waals surface area (Å²) in [5.74, 6) is -0.501. The molecule has 11 heteroatoms. The van der Waals surface area contributed by atoms with Crippen molar-refractivity contribution >= 4 is 15.7 Å². The molecule has 0 saturated carbocycles. The summed E-state index contributed by atoms with van der Waals surface area (Å²) in [4.78, 5) is 27.7. The fourth-order valence-corrected chi connectivity index (χ4v) is 3.67. The lowest BCUT2D eigenvalue weighted by molar-refractivity contribution is -0.140. The number of rotatable bonds is 7. The van der Waals surface area contributed by atoms with Crippen LogP contribution in [0, 0.1) is 12.7 Å². The highest BCUT2D eigenvalue weighted by atomic mass is 32.2. The molecule has 1 amide bonds. The maximum atomic E-state index is 14.3. The largest absolute Gasteiger partial charge is 0.435 e. The van der Waals surface area contributed by atoms with E-state index in [1.807, 2.05) is 11.8 Å². The topological polar surface area (TPSA) is 102 Å². The number of hydrogen-bond acceptors (Lipinski definition) is 8. The van der Waals surface area contributed by atoms with Crippen LogP contribution in [0.25, 0.3) is 0 Å². The van der Waals surface area contributed by atoms with Gasteiger partial charge in [0.25, 0.3) is 0 Å². The zero-order chi connectivity index (χ0) is 22.6. The fraction of sp³-hybridized carbons (Fsp3) is 0.450. The Morgan fingerprint density at radius 2 is 1.84 bits per heavy atom. The number of sulfone groups is 1. The summed E-state index contributed by atoms with van der Waals surface area (Å²) < 4.78 is 43.0. The van der Waals surface area contributed by atoms with Crippen molar-refractivity contribution in [1.29, 1.82) is 0 Å². The Hall–Kier alpha value is -2.79. The van der Waals surface area contributed by atoms with Crippen LogP contribution in [0.15, 0.2) is 29.4 Å². The molecule has 9 nitrogen and oxygen atoms in total. The third kappa shape index (κ3) is 5.67. The van der Waals surface area contributed by atoms with Crippen molar-refractivity contribution < 1.29 is 27.2 Å². The first-order valence-electron chi connectivity index (χ1n) is 9.88. The molecule has 1 fully saturated rings. The number of amides is 1. The third-order valence-electron chi connectivity index (χ3n) is 4.80. The van der Waals surface area contributed by atoms with Crippen molar-refractivity contribution in [1.82, 2.24) is 19.9 Å². The van der Waals surface area contributed by atoms with E-state index < -0.39 is 15.7 Å². The highest BCUT2D eigenvalue weighted by Crippen LogP contribution is 2.30. The van der Waals surface area contributed by atoms with Gasteiger partial charge in [0.15, 0.2) is 21.4 Å². The van der Waals surface area contributed by atoms with Crippen molar-refractivity contribution in [2.24, 2.45) is 0 Å². The summed E-state index contributed by atoms with van der Waals surface area (Å²) in [5.41, 5.74) is 0.457. The third-order valence-corrected chi connectivity index (χ3v) is 5.91. The average molecular weight is 453 g/mol. The van der Waals surface area contributed by atoms with Crippen LogP contribution >= 0.6 is 0 Å². The number of carbonyl (C=O) groups is 1. The van der Waals surface area contributed by atoms with E-state index in [1.54, 1.807) is 12.0 Å². The number of hydrogen-bond donors (Lipinski definition) is 0. The Labute approximate surface area is 180 Å². The molecule has 1 aromatic heterocycles. The molecule has 0 unspecified atom stereocenters. The van der Waals surface area contributed by atoms with Crippen LogP contribution in [0.4, 0.5) is 4.39 Å². The van der Waals surface area contributed by atoms with Gasteiger partial charge < -0.3 is 14.5 Å². The maximum Gasteiger partial charge on any atom is 0.247 e. The van der Waals surface area contributed by atoms with Crippen LogP contribution in [0.3, 0.4) is 0 Å². The zero-order valence-electron chi connectivity index (χ0n) is 17.7. The molecule has 1 aliphatic rings. The molecule has 2 heterocycles. The van der Waals surface area contributed by atoms with Gasteiger partial charge in [0.2, 0.25) is 17.7 Å². The first-order chi connectivity index (χ1) is 14.7. The van der Waals surface area contributed by atoms with Crippen LogP contribution in [0.1, 0.15) is 25.3 Å². The Morgan fingerprint density at radius 3 is 2.45 bits per heavy atom. The van der Waals surface area contributed by atoms with Crippen molar-refractivity contribution in [3.63, 3.8) is 0 Å². The van der Waals surface area contributed by atoms with Crippen molar-refractivity contribution in [3.8, 4) is 17.5 Å². The lowest BCUT2D eigenvalue weighted by Crippen LogP contribution is -2.49. The van der Waals surface area contributed by atoms with Gasteiger partial charge in [0.1, 0.15) is 6.33 Å². The molecule has 1 aromatic carbocycles. The molecule has 3 rings (SSSR count). The van der Waals surface area contributed by atoms with Crippen molar-refractivity contribution in [3.05, 3.63) is 35.9 Å². The summed E-state index contributed by atoms with van der Waals surface area (Å²) in [6, 6.07) is 3.40. The number of halogens is 1. The van der Waals surface area contributed by atoms with E-state index in [4.69, 9.17) is 9.57 Å². The van der Waals surface area contributed by atoms with E-state index in [9.17, 15) is 17.6 Å². The molecule has 2 aromatic rings. The van der Waals surface area contributed by atoms with Gasteiger partial charge in [-0.2, -0.15) is 4.98 Å². The second-order valence-electron chi connectivity index (χ2n) is 7.23. The van der Waals surface area contributed by atoms with Crippen LogP contribution < -0.4 is 9.57 Å². The standard InChI is InChI=1S/C20H25FN4O5S/c1-4-5-18(26)24-8-10-25(11-9-24)30-20-14(2)19(22-13-23-20)29-17-7-6-15(12-16(17)21)31(3,27)28/h6-7,12-13H,4-5,8-11H2,1-3H3. The number of benzene rings is 1. The molecule has 0 aliphatic carbocycles. The van der Waals surface area contributed by atoms with E-state index >= 15 is 0 Å². The molecule has 0 atom stereocenters. The average Bonchev–Trinajstić information content (AvgIpc) is 2.72. The molecule has 0 N–H and O–H groups in total. The number of piperazine rings is 1. The zero-order valence-corrected chi connectivity index (χ0v) is 18.5. The number of nitrogens with zero attached hydrogens (tertiary/aromatic N) is 4. The Kier molecular flexibility index (Phi) is 7.06. The molecule has 0 spiro atoms. The fourth-order valence-electron chi connectivity index (χ4n) is 3.04. The van der Waals surface area contributed by atoms with Gasteiger partial charge in [-0.15, -0.1) is 5.06 Å². The van der Waals surface area contributed by atoms with E-state index in [-0.39, 0.29) is 28.3 Å². The normalized spacial score (nSPS) is 15.0. The Balaban J connectivity index is 1.68. The van der Waals surface area contributed by atoms with Crippen LogP contribution in [-0.4, -0.2) is 66.7 Å². The smallest absolute Gasteiger partial charge is 0.247 e. The number of hydroxylamine groups is 2. The van der Waals surface area contributed by atoms with Crippen LogP contribution in [-0.2, 0) is 14.6 Å². The Bertz CT molecular complexity index is 1060. The minimum atomic E-state index is -3.53. The van der Waals surface area contributed by atoms with Gasteiger partial charge in [-0.25, -0.2) is 17.8 Å². The summed E-state index contributed by atoms with van der Waals surface area (Å²) in [6.45, 7) is 5.82. The quantitative estimate of drug-likeness (QED) is 0.631. The first kappa shape index (κ1) is 22.9. The van der Waals surface area contributed by atoms with Crippen LogP contribution in [0.2, 0.25) is 0 Å². The van der Waals surface area contributed by atoms with Gasteiger partial charge in [-0.05, 0) is 31.5 Å². The molecule has 0 radical (unpaired) electrons. The van der Waals surface area contributed by atoms with Crippen LogP contribution in [0.5, 0.6) is 17.5 Å². The monoisotopic (exact) mass is 452 g/mol. The lowest BCUT2D eigenvalue weighted by Gasteiger charge is -2.33. The minimum absolute atomic E-state index is 0.0905. The van der Waals surface area contributed by atoms with Gasteiger partial charge in [0.05, 0.1) is 23.5 Å². The molecule has 31 heavy (non-hydrogen) atoms. The minimum Gasteiger partial charge on any atom is -0.435 e. The predicted molar refractivity (Wildman–Crippen MR) is 110 cm³/mol. The Morgan fingerprint density at radius 1 is 1.16 bits per heavy atom. The second kappa shape index (κ2) is 9.56. The SMILES string of the molecule is CCCC(=O)N1CCN(Oc2ncnc(Oc3ccc(S(C)(=O)=O)cc3F)c2C)CC1. The molecular formula is C20H25FN4O5S. The number of aromatic nitrogens is 2. The van der Waals surface area contributed by atoms with Crippen molar-refractivity contribution in [2.45, 2.75) is 31.6 Å². The van der Waals surface area contributed by atoms with E-state index in [0.717, 1.165) is 18.7 Å². The van der Waals surface area contributed by atoms with E-state index in [2.05, 4.69) is 9.97 Å². The summed E-state index contributed by atoms with van der Waals surface area (Å²) in [6.07, 6.45) is 3.59. The highest BCUT2D eigenvalue weighted by molar-refractivity contribution is 7.90. The van der Waals surface area contributed by atoms with Crippen molar-refractivity contribution in [2.75, 3.05) is 32.4 Å². The van der Waals surface area contributed by atoms with Gasteiger partial charge in [-0.3, -0.25) is 4.79 Å². The summed E-state index contributed by atoms with van der Waals surface area (Å²) >= 11 is 0. The van der Waals surface area contributed by atoms with Gasteiger partial charge in [-0.1, -0.05) is 6.92 Å². The predicted octanol–water partition coefficient (Wildman–Crippen LogP) is 2.36. The first-order valence-corrected chi connectivity index (χ1v) is 11.8. The molecule has 1 aliphatic heterocycles. The molecule has 168 valence electrons. The van der Waals surface area contributed by atoms with Gasteiger partial charge >= 0.3 is 0 Å². The molecule has 0 bridgehead atoms. The summed E-state index contributed by atoms with van der Waals surface area (Å²) in [7, 11) is -3.53. The highest BCUT2D eigenvalue weighted by Gasteiger charge is 2.23. The molecule has 1 saturated heterocycles. The van der Waals surface area contributed by atoms with E-state index in [0.29, 0.717) is 38.2 Å². The molecular weight excluding hydrogens is 427 g/mol. The van der Waals surface area contributed by atoms with E-state index in [1.165, 1.54) is 18.5 Å². The number of carbonyl (C=O) groups excluding carboxylic acids is 1. The lowest BCUT2D eigenvalue weighted by atomic mass is 10.2. The van der Waals surface area contributed by atoms with Gasteiger partial charge in [0, 0.05) is 25.8 Å².